The smallest absolute Gasteiger partial charge is 3.00 e. The summed E-state index contributed by atoms with van der Waals surface area (Å²) in [4.78, 5) is 5.28. The van der Waals surface area contributed by atoms with Gasteiger partial charge in [-0.05, 0) is 101 Å². The molecule has 0 aliphatic rings. The Hall–Kier alpha value is -8.52. The van der Waals surface area contributed by atoms with Crippen molar-refractivity contribution >= 4 is 0 Å². The van der Waals surface area contributed by atoms with Crippen LogP contribution in [0.25, 0.3) is 111 Å². The number of hydrogen-bond donors (Lipinski definition) is 0. The maximum absolute atomic E-state index is 7.50. The van der Waals surface area contributed by atoms with E-state index in [1.54, 1.807) is 0 Å². The van der Waals surface area contributed by atoms with E-state index < -0.39 is 0 Å². The van der Waals surface area contributed by atoms with E-state index in [9.17, 15) is 0 Å². The van der Waals surface area contributed by atoms with Crippen molar-refractivity contribution in [3.63, 3.8) is 0 Å². The van der Waals surface area contributed by atoms with E-state index in [-0.39, 0.29) is 30.9 Å². The molecule has 0 aliphatic heterocycles. The summed E-state index contributed by atoms with van der Waals surface area (Å²) < 4.78 is 15.0. The number of aromatic nitrogens is 1. The van der Waals surface area contributed by atoms with Crippen LogP contribution in [-0.2, 0) is 42.3 Å². The average molecular weight is 1230 g/mol. The molecule has 0 saturated carbocycles. The molecule has 0 saturated heterocycles. The molecule has 0 spiro atoms. The van der Waals surface area contributed by atoms with Gasteiger partial charge in [-0.25, -0.2) is 0 Å². The molecule has 396 valence electrons. The molecule has 0 fully saturated rings. The summed E-state index contributed by atoms with van der Waals surface area (Å²) >= 11 is 0. The van der Waals surface area contributed by atoms with Gasteiger partial charge in [-0.15, -0.1) is 46.5 Å². The van der Waals surface area contributed by atoms with Crippen molar-refractivity contribution in [2.75, 3.05) is 0 Å². The molecule has 0 bridgehead atoms. The van der Waals surface area contributed by atoms with Crippen LogP contribution in [0.1, 0.15) is 52.7 Å². The molecule has 0 radical (unpaired) electrons. The predicted octanol–water partition coefficient (Wildman–Crippen LogP) is 20.3. The molecule has 1 aromatic heterocycles. The molecule has 4 heteroatoms. The fraction of sp³-hybridized carbons (Fsp3) is 0.130. The Bertz CT molecular complexity index is 3810. The van der Waals surface area contributed by atoms with Crippen molar-refractivity contribution in [2.45, 2.75) is 54.4 Å². The predicted molar refractivity (Wildman–Crippen MR) is 329 cm³/mol. The van der Waals surface area contributed by atoms with Crippen molar-refractivity contribution in [1.82, 2.24) is 4.98 Å². The number of rotatable bonds is 12. The second-order valence-electron chi connectivity index (χ2n) is 22.6. The fourth-order valence-corrected chi connectivity index (χ4v) is 10.8. The Morgan fingerprint density at radius 3 is 1.19 bits per heavy atom. The normalized spacial score (nSPS) is 11.0. The molecule has 11 aromatic rings. The van der Waals surface area contributed by atoms with Crippen molar-refractivity contribution in [3.05, 3.63) is 285 Å². The Labute approximate surface area is 493 Å². The van der Waals surface area contributed by atoms with Crippen molar-refractivity contribution in [3.8, 4) is 111 Å². The van der Waals surface area contributed by atoms with Gasteiger partial charge >= 0.3 is 42.7 Å². The third-order valence-electron chi connectivity index (χ3n) is 14.1. The standard InChI is InChI=1S/C75H62N.2CO.Ir/c1-74(2,3)49-52-22-19-29-59(42-52)65-32-13-15-34-67(65)62-45-63(68-35-16-14-33-66(68)60-30-20-23-53(43-60)50-75(4,5)6)47-64(46-62)69-36-17-18-37-70(69)72-51-76-73(48-71(72)57-26-11-8-12-27-57)61-31-21-28-58(44-61)56-40-38-55(39-41-56)54-24-9-7-10-25-54;2*1-2;/h7-18,21-30,32-48,51H,49-50H2,1-6H3;;;/q-3;;;+3. The molecule has 0 amide bonds. The van der Waals surface area contributed by atoms with Crippen LogP contribution >= 0.6 is 0 Å². The topological polar surface area (TPSA) is 52.7 Å². The summed E-state index contributed by atoms with van der Waals surface area (Å²) in [5.74, 6) is 0. The Morgan fingerprint density at radius 1 is 0.346 bits per heavy atom. The van der Waals surface area contributed by atoms with E-state index in [2.05, 4.69) is 310 Å². The first kappa shape index (κ1) is 58.6. The van der Waals surface area contributed by atoms with Crippen molar-refractivity contribution in [2.24, 2.45) is 10.8 Å². The molecule has 3 nitrogen and oxygen atoms in total. The van der Waals surface area contributed by atoms with Gasteiger partial charge in [0.2, 0.25) is 0 Å². The molecule has 0 N–H and O–H groups in total. The maximum Gasteiger partial charge on any atom is 3.00 e. The molecule has 11 rings (SSSR count). The minimum atomic E-state index is 0. The maximum atomic E-state index is 7.50. The van der Waals surface area contributed by atoms with Crippen LogP contribution in [0, 0.1) is 42.3 Å². The monoisotopic (exact) mass is 1230 g/mol. The van der Waals surface area contributed by atoms with Gasteiger partial charge in [0.25, 0.3) is 0 Å². The molecule has 0 unspecified atom stereocenters. The van der Waals surface area contributed by atoms with Gasteiger partial charge in [0, 0.05) is 11.8 Å². The van der Waals surface area contributed by atoms with Crippen LogP contribution in [0.2, 0.25) is 0 Å². The first-order chi connectivity index (χ1) is 38.9. The van der Waals surface area contributed by atoms with E-state index in [1.807, 2.05) is 6.07 Å². The molecule has 0 aliphatic carbocycles. The molecule has 10 aromatic carbocycles. The summed E-state index contributed by atoms with van der Waals surface area (Å²) in [7, 11) is 0. The van der Waals surface area contributed by atoms with Crippen LogP contribution < -0.4 is 0 Å². The third kappa shape index (κ3) is 14.3. The van der Waals surface area contributed by atoms with E-state index in [1.165, 1.54) is 55.6 Å². The second kappa shape index (κ2) is 26.6. The second-order valence-corrected chi connectivity index (χ2v) is 22.6. The number of pyridine rings is 1. The SMILES string of the molecule is CC(C)(C)Cc1c[c-]cc(-c2ccccc2-c2cc(-c3ccccc3-c3c[c-]cc(CC(C)(C)C)c3)cc(-c3ccccc3-c3cnc(-c4[c-]ccc(-c5ccc(-c6ccccc6)cc5)c4)cc3-c3ccccc3)c2)c1.[C-]#[O+].[C-]#[O+].[Ir+3]. The largest absolute Gasteiger partial charge is 3.00 e. The van der Waals surface area contributed by atoms with Gasteiger partial charge in [0.15, 0.2) is 0 Å². The van der Waals surface area contributed by atoms with Gasteiger partial charge in [0.1, 0.15) is 0 Å². The van der Waals surface area contributed by atoms with Crippen LogP contribution in [0.3, 0.4) is 0 Å². The summed E-state index contributed by atoms with van der Waals surface area (Å²) in [6.07, 6.45) is 4.01. The summed E-state index contributed by atoms with van der Waals surface area (Å²) in [5.41, 5.74) is 25.3. The number of nitrogens with zero attached hydrogens (tertiary/aromatic N) is 1. The van der Waals surface area contributed by atoms with Crippen LogP contribution in [0.5, 0.6) is 0 Å². The molecular formula is C77H62IrNO2. The minimum Gasteiger partial charge on any atom is 3.00 e. The van der Waals surface area contributed by atoms with Gasteiger partial charge in [0.05, 0.1) is 0 Å². The van der Waals surface area contributed by atoms with Gasteiger partial charge < -0.3 is 4.98 Å². The third-order valence-corrected chi connectivity index (χ3v) is 14.1. The zero-order chi connectivity index (χ0) is 56.2. The van der Waals surface area contributed by atoms with Crippen LogP contribution in [-0.4, -0.2) is 4.98 Å². The van der Waals surface area contributed by atoms with Gasteiger partial charge in [-0.3, -0.25) is 0 Å². The molecule has 1 heterocycles. The van der Waals surface area contributed by atoms with Gasteiger partial charge in [-0.1, -0.05) is 229 Å². The number of hydrogen-bond acceptors (Lipinski definition) is 1. The van der Waals surface area contributed by atoms with Gasteiger partial charge in [-0.2, -0.15) is 59.7 Å². The Morgan fingerprint density at radius 2 is 0.728 bits per heavy atom. The summed E-state index contributed by atoms with van der Waals surface area (Å²) in [6, 6.07) is 96.3. The Balaban J connectivity index is 0.00000168. The van der Waals surface area contributed by atoms with Crippen molar-refractivity contribution < 1.29 is 29.4 Å². The molecular weight excluding hydrogens is 1160 g/mol. The summed E-state index contributed by atoms with van der Waals surface area (Å²) in [6.45, 7) is 22.8. The van der Waals surface area contributed by atoms with E-state index in [4.69, 9.17) is 14.3 Å². The summed E-state index contributed by atoms with van der Waals surface area (Å²) in [5, 5.41) is 0. The first-order valence-corrected chi connectivity index (χ1v) is 27.0. The zero-order valence-corrected chi connectivity index (χ0v) is 49.0. The van der Waals surface area contributed by atoms with Crippen molar-refractivity contribution in [1.29, 1.82) is 0 Å². The number of benzene rings is 10. The average Bonchev–Trinajstić information content (AvgIpc) is 3.70. The molecule has 0 atom stereocenters. The van der Waals surface area contributed by atoms with Crippen LogP contribution in [0.4, 0.5) is 0 Å². The fourth-order valence-electron chi connectivity index (χ4n) is 10.8. The Kier molecular flexibility index (Phi) is 19.3. The quantitative estimate of drug-likeness (QED) is 0.0888. The zero-order valence-electron chi connectivity index (χ0n) is 46.6. The minimum absolute atomic E-state index is 0. The van der Waals surface area contributed by atoms with E-state index >= 15 is 0 Å². The first-order valence-electron chi connectivity index (χ1n) is 27.0. The molecule has 81 heavy (non-hydrogen) atoms. The van der Waals surface area contributed by atoms with E-state index in [0.717, 1.165) is 79.7 Å². The van der Waals surface area contributed by atoms with Crippen LogP contribution in [0.15, 0.2) is 243 Å². The van der Waals surface area contributed by atoms with E-state index in [0.29, 0.717) is 0 Å².